The Morgan fingerprint density at radius 3 is 2.80 bits per heavy atom. The molecule has 0 spiro atoms. The molecule has 0 bridgehead atoms. The maximum atomic E-state index is 7.32. The van der Waals surface area contributed by atoms with Gasteiger partial charge in [-0.3, -0.25) is 9.88 Å². The Morgan fingerprint density at radius 2 is 2.33 bits per heavy atom. The fourth-order valence-corrected chi connectivity index (χ4v) is 1.90. The number of nitriles is 1. The maximum absolute atomic E-state index is 7.32. The van der Waals surface area contributed by atoms with Crippen molar-refractivity contribution in [1.29, 1.82) is 5.26 Å². The summed E-state index contributed by atoms with van der Waals surface area (Å²) in [7, 11) is 2.19. The van der Waals surface area contributed by atoms with Crippen LogP contribution in [0.4, 0.5) is 0 Å². The molecule has 1 aliphatic heterocycles. The molecule has 1 saturated heterocycles. The van der Waals surface area contributed by atoms with Gasteiger partial charge < -0.3 is 0 Å². The van der Waals surface area contributed by atoms with Gasteiger partial charge in [-0.05, 0) is 38.1 Å². The average Bonchev–Trinajstić information content (AvgIpc) is 2.67. The van der Waals surface area contributed by atoms with Crippen molar-refractivity contribution in [3.05, 3.63) is 30.1 Å². The summed E-state index contributed by atoms with van der Waals surface area (Å²) >= 11 is 0. The van der Waals surface area contributed by atoms with E-state index in [1.807, 2.05) is 18.5 Å². The maximum Gasteiger partial charge on any atom is 0.0587 e. The minimum absolute atomic E-state index is 0.610. The molecule has 0 aromatic carbocycles. The van der Waals surface area contributed by atoms with E-state index in [1.54, 1.807) is 6.07 Å². The molecule has 1 fully saturated rings. The topological polar surface area (TPSA) is 39.9 Å². The van der Waals surface area contributed by atoms with Crippen LogP contribution >= 0.6 is 0 Å². The second-order valence-electron chi connectivity index (χ2n) is 3.65. The molecule has 1 aromatic heterocycles. The van der Waals surface area contributed by atoms with Crippen LogP contribution in [-0.4, -0.2) is 23.5 Å². The Labute approximate surface area is 91.4 Å². The summed E-state index contributed by atoms with van der Waals surface area (Å²) < 4.78 is 0. The van der Waals surface area contributed by atoms with Gasteiger partial charge >= 0.3 is 0 Å². The van der Waals surface area contributed by atoms with Gasteiger partial charge in [-0.1, -0.05) is 6.07 Å². The van der Waals surface area contributed by atoms with Crippen LogP contribution in [0.25, 0.3) is 0 Å². The summed E-state index contributed by atoms with van der Waals surface area (Å²) in [5.74, 6) is 0. The number of likely N-dealkylation sites (tertiary alicyclic amines) is 1. The van der Waals surface area contributed by atoms with Crippen LogP contribution in [0.1, 0.15) is 31.4 Å². The number of rotatable bonds is 1. The van der Waals surface area contributed by atoms with Crippen LogP contribution in [0.2, 0.25) is 0 Å². The molecule has 0 amide bonds. The third-order valence-corrected chi connectivity index (χ3v) is 2.59. The highest BCUT2D eigenvalue weighted by molar-refractivity contribution is 5.14. The standard InChI is InChI=1S/C10H14N2.C2H3N/c1-12-7-3-5-10(12)9-4-2-6-11-8-9;1-2-3/h2,4,6,8,10H,3,5,7H2,1H3;1H3. The Balaban J connectivity index is 0.000000337. The molecular formula is C12H17N3. The molecule has 0 aliphatic carbocycles. The highest BCUT2D eigenvalue weighted by atomic mass is 15.1. The van der Waals surface area contributed by atoms with E-state index >= 15 is 0 Å². The zero-order valence-corrected chi connectivity index (χ0v) is 9.35. The summed E-state index contributed by atoms with van der Waals surface area (Å²) in [6, 6.07) is 6.54. The number of hydrogen-bond donors (Lipinski definition) is 0. The normalized spacial score (nSPS) is 20.2. The molecule has 2 rings (SSSR count). The zero-order chi connectivity index (χ0) is 11.1. The lowest BCUT2D eigenvalue weighted by Gasteiger charge is -2.18. The predicted molar refractivity (Wildman–Crippen MR) is 60.1 cm³/mol. The lowest BCUT2D eigenvalue weighted by Crippen LogP contribution is -2.17. The quantitative estimate of drug-likeness (QED) is 0.703. The second-order valence-corrected chi connectivity index (χ2v) is 3.65. The lowest BCUT2D eigenvalue weighted by atomic mass is 10.1. The Kier molecular flexibility index (Phi) is 4.79. The summed E-state index contributed by atoms with van der Waals surface area (Å²) in [6.45, 7) is 2.65. The van der Waals surface area contributed by atoms with Crippen molar-refractivity contribution in [2.45, 2.75) is 25.8 Å². The van der Waals surface area contributed by atoms with Gasteiger partial charge in [0, 0.05) is 25.4 Å². The summed E-state index contributed by atoms with van der Waals surface area (Å²) in [5, 5.41) is 7.32. The number of hydrogen-bond acceptors (Lipinski definition) is 3. The second kappa shape index (κ2) is 6.15. The van der Waals surface area contributed by atoms with Crippen LogP contribution in [0, 0.1) is 11.3 Å². The number of aromatic nitrogens is 1. The van der Waals surface area contributed by atoms with Gasteiger partial charge in [-0.25, -0.2) is 0 Å². The fraction of sp³-hybridized carbons (Fsp3) is 0.500. The molecule has 3 heteroatoms. The molecule has 1 unspecified atom stereocenters. The van der Waals surface area contributed by atoms with E-state index in [0.29, 0.717) is 6.04 Å². The van der Waals surface area contributed by atoms with Crippen LogP contribution < -0.4 is 0 Å². The van der Waals surface area contributed by atoms with Gasteiger partial charge in [0.05, 0.1) is 6.07 Å². The monoisotopic (exact) mass is 203 g/mol. The molecule has 0 N–H and O–H groups in total. The van der Waals surface area contributed by atoms with Crippen molar-refractivity contribution in [2.24, 2.45) is 0 Å². The fourth-order valence-electron chi connectivity index (χ4n) is 1.90. The molecule has 0 saturated carbocycles. The van der Waals surface area contributed by atoms with Crippen molar-refractivity contribution in [1.82, 2.24) is 9.88 Å². The molecule has 0 radical (unpaired) electrons. The average molecular weight is 203 g/mol. The van der Waals surface area contributed by atoms with Gasteiger partial charge in [0.2, 0.25) is 0 Å². The third kappa shape index (κ3) is 3.34. The first-order valence-electron chi connectivity index (χ1n) is 5.20. The van der Waals surface area contributed by atoms with E-state index in [9.17, 15) is 0 Å². The van der Waals surface area contributed by atoms with Crippen LogP contribution in [-0.2, 0) is 0 Å². The minimum atomic E-state index is 0.610. The smallest absolute Gasteiger partial charge is 0.0587 e. The highest BCUT2D eigenvalue weighted by Gasteiger charge is 2.21. The van der Waals surface area contributed by atoms with E-state index in [-0.39, 0.29) is 0 Å². The van der Waals surface area contributed by atoms with Crippen LogP contribution in [0.15, 0.2) is 24.5 Å². The van der Waals surface area contributed by atoms with Crippen molar-refractivity contribution >= 4 is 0 Å². The van der Waals surface area contributed by atoms with Gasteiger partial charge in [0.1, 0.15) is 0 Å². The lowest BCUT2D eigenvalue weighted by molar-refractivity contribution is 0.317. The predicted octanol–water partition coefficient (Wildman–Crippen LogP) is 2.38. The Morgan fingerprint density at radius 1 is 1.60 bits per heavy atom. The van der Waals surface area contributed by atoms with Crippen LogP contribution in [0.5, 0.6) is 0 Å². The summed E-state index contributed by atoms with van der Waals surface area (Å²) in [5.41, 5.74) is 1.36. The summed E-state index contributed by atoms with van der Waals surface area (Å²) in [6.07, 6.45) is 6.41. The van der Waals surface area contributed by atoms with Crippen LogP contribution in [0.3, 0.4) is 0 Å². The zero-order valence-electron chi connectivity index (χ0n) is 9.35. The number of pyridine rings is 1. The highest BCUT2D eigenvalue weighted by Crippen LogP contribution is 2.29. The molecule has 3 nitrogen and oxygen atoms in total. The van der Waals surface area contributed by atoms with Gasteiger partial charge in [0.25, 0.3) is 0 Å². The number of nitrogens with zero attached hydrogens (tertiary/aromatic N) is 3. The molecule has 15 heavy (non-hydrogen) atoms. The van der Waals surface area contributed by atoms with Gasteiger partial charge in [-0.2, -0.15) is 5.26 Å². The van der Waals surface area contributed by atoms with Crippen molar-refractivity contribution in [2.75, 3.05) is 13.6 Å². The molecule has 1 aromatic rings. The Bertz CT molecular complexity index is 315. The molecule has 1 atom stereocenters. The van der Waals surface area contributed by atoms with E-state index in [2.05, 4.69) is 23.0 Å². The van der Waals surface area contributed by atoms with E-state index in [1.165, 1.54) is 31.9 Å². The summed E-state index contributed by atoms with van der Waals surface area (Å²) in [4.78, 5) is 6.54. The van der Waals surface area contributed by atoms with Gasteiger partial charge in [-0.15, -0.1) is 0 Å². The third-order valence-electron chi connectivity index (χ3n) is 2.59. The van der Waals surface area contributed by atoms with E-state index in [4.69, 9.17) is 5.26 Å². The molecule has 1 aliphatic rings. The SMILES string of the molecule is CC#N.CN1CCCC1c1cccnc1. The van der Waals surface area contributed by atoms with E-state index in [0.717, 1.165) is 0 Å². The first-order chi connectivity index (χ1) is 7.29. The Hall–Kier alpha value is -1.40. The molecular weight excluding hydrogens is 186 g/mol. The first-order valence-corrected chi connectivity index (χ1v) is 5.20. The van der Waals surface area contributed by atoms with Crippen molar-refractivity contribution in [3.8, 4) is 6.07 Å². The largest absolute Gasteiger partial charge is 0.299 e. The van der Waals surface area contributed by atoms with Gasteiger partial charge in [0.15, 0.2) is 0 Å². The molecule has 2 heterocycles. The van der Waals surface area contributed by atoms with E-state index < -0.39 is 0 Å². The minimum Gasteiger partial charge on any atom is -0.299 e. The first kappa shape index (κ1) is 11.7. The van der Waals surface area contributed by atoms with Crippen molar-refractivity contribution in [3.63, 3.8) is 0 Å². The molecule has 80 valence electrons. The van der Waals surface area contributed by atoms with Crippen molar-refractivity contribution < 1.29 is 0 Å².